The van der Waals surface area contributed by atoms with Crippen LogP contribution in [0.2, 0.25) is 5.02 Å². The number of halogens is 1. The Bertz CT molecular complexity index is 783. The minimum Gasteiger partial charge on any atom is -0.324 e. The van der Waals surface area contributed by atoms with Gasteiger partial charge in [0.1, 0.15) is 0 Å². The van der Waals surface area contributed by atoms with Gasteiger partial charge in [0.15, 0.2) is 0 Å². The Morgan fingerprint density at radius 2 is 1.71 bits per heavy atom. The summed E-state index contributed by atoms with van der Waals surface area (Å²) in [6, 6.07) is 20.9. The molecule has 0 saturated carbocycles. The third-order valence-corrected chi connectivity index (χ3v) is 4.92. The van der Waals surface area contributed by atoms with Crippen molar-refractivity contribution in [2.24, 2.45) is 5.73 Å². The second kappa shape index (κ2) is 6.10. The average Bonchev–Trinajstić information content (AvgIpc) is 2.49. The zero-order chi connectivity index (χ0) is 14.8. The Kier molecular flexibility index (Phi) is 4.20. The summed E-state index contributed by atoms with van der Waals surface area (Å²) < 4.78 is 0. The SMILES string of the molecule is C[C@H](N)c1ccc(Sc2ccc3ccccc3c2)c(Cl)c1. The van der Waals surface area contributed by atoms with Gasteiger partial charge in [-0.05, 0) is 47.5 Å². The molecule has 0 unspecified atom stereocenters. The third kappa shape index (κ3) is 3.24. The fraction of sp³-hybridized carbons (Fsp3) is 0.111. The minimum atomic E-state index is 0.00205. The van der Waals surface area contributed by atoms with E-state index < -0.39 is 0 Å². The molecular formula is C18H16ClNS. The quantitative estimate of drug-likeness (QED) is 0.674. The summed E-state index contributed by atoms with van der Waals surface area (Å²) in [6.07, 6.45) is 0. The Balaban J connectivity index is 1.91. The molecule has 3 aromatic carbocycles. The summed E-state index contributed by atoms with van der Waals surface area (Å²) >= 11 is 8.04. The monoisotopic (exact) mass is 313 g/mol. The van der Waals surface area contributed by atoms with Crippen LogP contribution in [0.1, 0.15) is 18.5 Å². The van der Waals surface area contributed by atoms with Crippen molar-refractivity contribution in [3.63, 3.8) is 0 Å². The second-order valence-electron chi connectivity index (χ2n) is 5.09. The van der Waals surface area contributed by atoms with Gasteiger partial charge in [-0.15, -0.1) is 0 Å². The van der Waals surface area contributed by atoms with Gasteiger partial charge in [0.05, 0.1) is 5.02 Å². The first kappa shape index (κ1) is 14.5. The minimum absolute atomic E-state index is 0.00205. The van der Waals surface area contributed by atoms with E-state index in [0.717, 1.165) is 15.5 Å². The summed E-state index contributed by atoms with van der Waals surface area (Å²) in [6.45, 7) is 1.96. The lowest BCUT2D eigenvalue weighted by Gasteiger charge is -2.10. The fourth-order valence-corrected chi connectivity index (χ4v) is 3.41. The van der Waals surface area contributed by atoms with E-state index >= 15 is 0 Å². The molecule has 21 heavy (non-hydrogen) atoms. The van der Waals surface area contributed by atoms with Crippen molar-refractivity contribution in [1.29, 1.82) is 0 Å². The molecule has 0 radical (unpaired) electrons. The van der Waals surface area contributed by atoms with Crippen molar-refractivity contribution in [2.75, 3.05) is 0 Å². The first-order valence-corrected chi connectivity index (χ1v) is 8.04. The fourth-order valence-electron chi connectivity index (χ4n) is 2.24. The molecule has 1 atom stereocenters. The molecule has 0 spiro atoms. The molecule has 0 bridgehead atoms. The molecule has 3 rings (SSSR count). The zero-order valence-electron chi connectivity index (χ0n) is 11.7. The maximum Gasteiger partial charge on any atom is 0.0548 e. The first-order chi connectivity index (χ1) is 10.1. The lowest BCUT2D eigenvalue weighted by atomic mass is 10.1. The van der Waals surface area contributed by atoms with Crippen molar-refractivity contribution < 1.29 is 0 Å². The largest absolute Gasteiger partial charge is 0.324 e. The van der Waals surface area contributed by atoms with Crippen molar-refractivity contribution in [3.8, 4) is 0 Å². The van der Waals surface area contributed by atoms with Crippen LogP contribution in [0.25, 0.3) is 10.8 Å². The number of nitrogens with two attached hydrogens (primary N) is 1. The van der Waals surface area contributed by atoms with Gasteiger partial charge >= 0.3 is 0 Å². The molecule has 0 aliphatic carbocycles. The van der Waals surface area contributed by atoms with Gasteiger partial charge in [0.25, 0.3) is 0 Å². The Morgan fingerprint density at radius 1 is 0.952 bits per heavy atom. The molecule has 0 amide bonds. The van der Waals surface area contributed by atoms with E-state index in [1.807, 2.05) is 25.1 Å². The Labute approximate surface area is 134 Å². The van der Waals surface area contributed by atoms with Gasteiger partial charge in [-0.25, -0.2) is 0 Å². The molecule has 2 N–H and O–H groups in total. The maximum absolute atomic E-state index is 6.37. The Hall–Kier alpha value is -1.48. The van der Waals surface area contributed by atoms with Crippen LogP contribution in [-0.2, 0) is 0 Å². The molecule has 3 aromatic rings. The lowest BCUT2D eigenvalue weighted by molar-refractivity contribution is 0.817. The van der Waals surface area contributed by atoms with E-state index in [2.05, 4.69) is 42.5 Å². The van der Waals surface area contributed by atoms with Crippen LogP contribution in [0.4, 0.5) is 0 Å². The molecule has 0 saturated heterocycles. The van der Waals surface area contributed by atoms with Crippen LogP contribution < -0.4 is 5.73 Å². The lowest BCUT2D eigenvalue weighted by Crippen LogP contribution is -2.04. The summed E-state index contributed by atoms with van der Waals surface area (Å²) in [5, 5.41) is 3.24. The number of hydrogen-bond donors (Lipinski definition) is 1. The number of hydrogen-bond acceptors (Lipinski definition) is 2. The van der Waals surface area contributed by atoms with Gasteiger partial charge in [0, 0.05) is 15.8 Å². The van der Waals surface area contributed by atoms with E-state index in [1.54, 1.807) is 11.8 Å². The molecular weight excluding hydrogens is 298 g/mol. The maximum atomic E-state index is 6.37. The normalized spacial score (nSPS) is 12.5. The molecule has 106 valence electrons. The van der Waals surface area contributed by atoms with Crippen molar-refractivity contribution in [3.05, 3.63) is 71.2 Å². The highest BCUT2D eigenvalue weighted by atomic mass is 35.5. The van der Waals surface area contributed by atoms with Crippen LogP contribution in [0, 0.1) is 0 Å². The number of fused-ring (bicyclic) bond motifs is 1. The van der Waals surface area contributed by atoms with E-state index in [0.29, 0.717) is 0 Å². The van der Waals surface area contributed by atoms with E-state index in [1.165, 1.54) is 15.7 Å². The highest BCUT2D eigenvalue weighted by Crippen LogP contribution is 2.35. The highest BCUT2D eigenvalue weighted by molar-refractivity contribution is 7.99. The zero-order valence-corrected chi connectivity index (χ0v) is 13.3. The second-order valence-corrected chi connectivity index (χ2v) is 6.61. The van der Waals surface area contributed by atoms with Crippen LogP contribution in [-0.4, -0.2) is 0 Å². The van der Waals surface area contributed by atoms with E-state index in [4.69, 9.17) is 17.3 Å². The molecule has 1 nitrogen and oxygen atoms in total. The van der Waals surface area contributed by atoms with Crippen LogP contribution >= 0.6 is 23.4 Å². The highest BCUT2D eigenvalue weighted by Gasteiger charge is 2.07. The molecule has 0 heterocycles. The van der Waals surface area contributed by atoms with Crippen molar-refractivity contribution in [1.82, 2.24) is 0 Å². The van der Waals surface area contributed by atoms with Gasteiger partial charge in [-0.1, -0.05) is 59.8 Å². The predicted molar refractivity (Wildman–Crippen MR) is 92.1 cm³/mol. The average molecular weight is 314 g/mol. The van der Waals surface area contributed by atoms with Crippen LogP contribution in [0.5, 0.6) is 0 Å². The van der Waals surface area contributed by atoms with Gasteiger partial charge in [-0.2, -0.15) is 0 Å². The summed E-state index contributed by atoms with van der Waals surface area (Å²) in [5.74, 6) is 0. The third-order valence-electron chi connectivity index (χ3n) is 3.43. The van der Waals surface area contributed by atoms with Crippen LogP contribution in [0.15, 0.2) is 70.5 Å². The summed E-state index contributed by atoms with van der Waals surface area (Å²) in [4.78, 5) is 2.24. The topological polar surface area (TPSA) is 26.0 Å². The number of rotatable bonds is 3. The Morgan fingerprint density at radius 3 is 2.43 bits per heavy atom. The molecule has 0 aliphatic heterocycles. The smallest absolute Gasteiger partial charge is 0.0548 e. The van der Waals surface area contributed by atoms with Crippen molar-refractivity contribution >= 4 is 34.1 Å². The molecule has 0 aromatic heterocycles. The first-order valence-electron chi connectivity index (χ1n) is 6.85. The van der Waals surface area contributed by atoms with E-state index in [-0.39, 0.29) is 6.04 Å². The molecule has 0 aliphatic rings. The van der Waals surface area contributed by atoms with E-state index in [9.17, 15) is 0 Å². The van der Waals surface area contributed by atoms with Gasteiger partial charge < -0.3 is 5.73 Å². The molecule has 3 heteroatoms. The van der Waals surface area contributed by atoms with Crippen molar-refractivity contribution in [2.45, 2.75) is 22.8 Å². The molecule has 0 fully saturated rings. The van der Waals surface area contributed by atoms with Gasteiger partial charge in [0.2, 0.25) is 0 Å². The number of benzene rings is 3. The summed E-state index contributed by atoms with van der Waals surface area (Å²) in [5.41, 5.74) is 6.94. The van der Waals surface area contributed by atoms with Crippen LogP contribution in [0.3, 0.4) is 0 Å². The summed E-state index contributed by atoms with van der Waals surface area (Å²) in [7, 11) is 0. The predicted octanol–water partition coefficient (Wildman–Crippen LogP) is 5.66. The van der Waals surface area contributed by atoms with Gasteiger partial charge in [-0.3, -0.25) is 0 Å². The standard InChI is InChI=1S/C18H16ClNS/c1-12(20)14-7-9-18(17(19)11-14)21-16-8-6-13-4-2-3-5-15(13)10-16/h2-12H,20H2,1H3/t12-/m0/s1.